The van der Waals surface area contributed by atoms with Crippen LogP contribution in [0.25, 0.3) is 0 Å². The monoisotopic (exact) mass is 358 g/mol. The Labute approximate surface area is 156 Å². The average Bonchev–Trinajstić information content (AvgIpc) is 3.27. The van der Waals surface area contributed by atoms with Crippen LogP contribution in [-0.2, 0) is 6.42 Å². The van der Waals surface area contributed by atoms with Gasteiger partial charge in [0.2, 0.25) is 0 Å². The predicted molar refractivity (Wildman–Crippen MR) is 103 cm³/mol. The fourth-order valence-corrected chi connectivity index (χ4v) is 4.59. The zero-order valence-electron chi connectivity index (χ0n) is 14.4. The molecule has 0 bridgehead atoms. The van der Waals surface area contributed by atoms with Crippen molar-refractivity contribution in [1.82, 2.24) is 5.32 Å². The summed E-state index contributed by atoms with van der Waals surface area (Å²) >= 11 is 1.44. The molecule has 0 unspecified atom stereocenters. The Kier molecular flexibility index (Phi) is 4.10. The number of nitrogens with one attached hydrogen (secondary N) is 1. The fourth-order valence-electron chi connectivity index (χ4n) is 3.97. The van der Waals surface area contributed by atoms with E-state index in [1.165, 1.54) is 16.9 Å². The van der Waals surface area contributed by atoms with Crippen molar-refractivity contribution in [2.45, 2.75) is 24.8 Å². The number of carbonyl (C=O) groups excluding carboxylic acids is 1. The summed E-state index contributed by atoms with van der Waals surface area (Å²) < 4.78 is 0. The summed E-state index contributed by atoms with van der Waals surface area (Å²) in [4.78, 5) is 13.5. The van der Waals surface area contributed by atoms with Crippen molar-refractivity contribution in [1.29, 1.82) is 5.26 Å². The van der Waals surface area contributed by atoms with E-state index in [0.29, 0.717) is 10.4 Å². The number of hydrogen-bond donors (Lipinski definition) is 1. The van der Waals surface area contributed by atoms with E-state index in [1.54, 1.807) is 0 Å². The number of nitrogens with zero attached hydrogens (tertiary/aromatic N) is 1. The summed E-state index contributed by atoms with van der Waals surface area (Å²) in [5.74, 6) is -0.0346. The molecule has 1 aliphatic rings. The standard InChI is InChI=1S/C22H18N2OS/c1-22(24-21(25)19-8-5-11-26-19)13-17-10-9-15(14-23)12-18(17)20(22)16-6-3-2-4-7-16/h2-12,20H,13H2,1H3,(H,24,25)/t20-,22+/m0/s1. The number of benzene rings is 2. The molecule has 1 aliphatic carbocycles. The molecule has 2 atom stereocenters. The first-order chi connectivity index (χ1) is 12.6. The van der Waals surface area contributed by atoms with Crippen LogP contribution in [-0.4, -0.2) is 11.4 Å². The first-order valence-electron chi connectivity index (χ1n) is 8.54. The van der Waals surface area contributed by atoms with Gasteiger partial charge in [0, 0.05) is 5.92 Å². The van der Waals surface area contributed by atoms with Crippen LogP contribution in [0.5, 0.6) is 0 Å². The van der Waals surface area contributed by atoms with Crippen LogP contribution in [0.1, 0.15) is 44.8 Å². The number of nitriles is 1. The van der Waals surface area contributed by atoms with Gasteiger partial charge in [-0.1, -0.05) is 42.5 Å². The lowest BCUT2D eigenvalue weighted by molar-refractivity contribution is 0.0907. The Morgan fingerprint density at radius 1 is 1.19 bits per heavy atom. The van der Waals surface area contributed by atoms with Gasteiger partial charge in [-0.05, 0) is 53.6 Å². The quantitative estimate of drug-likeness (QED) is 0.750. The molecule has 2 aromatic carbocycles. The molecule has 0 fully saturated rings. The molecule has 0 aliphatic heterocycles. The van der Waals surface area contributed by atoms with E-state index in [1.807, 2.05) is 53.9 Å². The van der Waals surface area contributed by atoms with Gasteiger partial charge >= 0.3 is 0 Å². The Morgan fingerprint density at radius 3 is 2.69 bits per heavy atom. The van der Waals surface area contributed by atoms with E-state index >= 15 is 0 Å². The molecule has 128 valence electrons. The fraction of sp³-hybridized carbons (Fsp3) is 0.182. The van der Waals surface area contributed by atoms with Crippen LogP contribution >= 0.6 is 11.3 Å². The molecule has 0 saturated heterocycles. The lowest BCUT2D eigenvalue weighted by Gasteiger charge is -2.33. The average molecular weight is 358 g/mol. The van der Waals surface area contributed by atoms with Crippen LogP contribution in [0, 0.1) is 11.3 Å². The number of amides is 1. The maximum Gasteiger partial charge on any atom is 0.261 e. The van der Waals surface area contributed by atoms with Crippen LogP contribution < -0.4 is 5.32 Å². The van der Waals surface area contributed by atoms with Crippen molar-refractivity contribution in [3.8, 4) is 6.07 Å². The van der Waals surface area contributed by atoms with Gasteiger partial charge in [-0.2, -0.15) is 5.26 Å². The Bertz CT molecular complexity index is 989. The summed E-state index contributed by atoms with van der Waals surface area (Å²) in [6, 6.07) is 22.0. The molecule has 26 heavy (non-hydrogen) atoms. The Hall–Kier alpha value is -2.90. The topological polar surface area (TPSA) is 52.9 Å². The number of rotatable bonds is 3. The molecule has 1 amide bonds. The van der Waals surface area contributed by atoms with Gasteiger partial charge in [0.05, 0.1) is 22.0 Å². The summed E-state index contributed by atoms with van der Waals surface area (Å²) in [6.07, 6.45) is 0.741. The lowest BCUT2D eigenvalue weighted by Crippen LogP contribution is -2.49. The van der Waals surface area contributed by atoms with E-state index in [4.69, 9.17) is 0 Å². The largest absolute Gasteiger partial charge is 0.345 e. The zero-order chi connectivity index (χ0) is 18.1. The van der Waals surface area contributed by atoms with E-state index in [-0.39, 0.29) is 11.8 Å². The van der Waals surface area contributed by atoms with Crippen molar-refractivity contribution in [2.24, 2.45) is 0 Å². The van der Waals surface area contributed by atoms with Gasteiger partial charge in [0.1, 0.15) is 0 Å². The van der Waals surface area contributed by atoms with Crippen molar-refractivity contribution in [2.75, 3.05) is 0 Å². The van der Waals surface area contributed by atoms with Crippen LogP contribution in [0.2, 0.25) is 0 Å². The summed E-state index contributed by atoms with van der Waals surface area (Å²) in [5.41, 5.74) is 3.67. The highest BCUT2D eigenvalue weighted by Crippen LogP contribution is 2.45. The maximum absolute atomic E-state index is 12.8. The van der Waals surface area contributed by atoms with Crippen molar-refractivity contribution >= 4 is 17.2 Å². The molecule has 1 N–H and O–H groups in total. The minimum atomic E-state index is -0.446. The summed E-state index contributed by atoms with van der Waals surface area (Å²) in [6.45, 7) is 2.10. The van der Waals surface area contributed by atoms with Gasteiger partial charge in [-0.25, -0.2) is 0 Å². The highest BCUT2D eigenvalue weighted by molar-refractivity contribution is 7.12. The number of thiophene rings is 1. The van der Waals surface area contributed by atoms with Crippen LogP contribution in [0.15, 0.2) is 66.0 Å². The van der Waals surface area contributed by atoms with E-state index in [9.17, 15) is 10.1 Å². The zero-order valence-corrected chi connectivity index (χ0v) is 15.2. The summed E-state index contributed by atoms with van der Waals surface area (Å²) in [5, 5.41) is 14.5. The third kappa shape index (κ3) is 2.81. The molecular formula is C22H18N2OS. The van der Waals surface area contributed by atoms with Crippen LogP contribution in [0.3, 0.4) is 0 Å². The Morgan fingerprint density at radius 2 is 2.00 bits per heavy atom. The van der Waals surface area contributed by atoms with Gasteiger partial charge in [-0.15, -0.1) is 11.3 Å². The maximum atomic E-state index is 12.8. The molecule has 1 heterocycles. The number of fused-ring (bicyclic) bond motifs is 1. The number of carbonyl (C=O) groups is 1. The highest BCUT2D eigenvalue weighted by atomic mass is 32.1. The molecule has 0 radical (unpaired) electrons. The molecule has 1 aromatic heterocycles. The first-order valence-corrected chi connectivity index (χ1v) is 9.42. The molecule has 4 rings (SSSR count). The minimum Gasteiger partial charge on any atom is -0.345 e. The van der Waals surface area contributed by atoms with Crippen molar-refractivity contribution in [3.05, 3.63) is 93.2 Å². The van der Waals surface area contributed by atoms with Gasteiger partial charge < -0.3 is 5.32 Å². The second-order valence-corrected chi connectivity index (χ2v) is 7.84. The molecular weight excluding hydrogens is 340 g/mol. The Balaban J connectivity index is 1.78. The highest BCUT2D eigenvalue weighted by Gasteiger charge is 2.44. The second-order valence-electron chi connectivity index (χ2n) is 6.89. The molecule has 0 saturated carbocycles. The SMILES string of the molecule is C[C@@]1(NC(=O)c2cccs2)Cc2ccc(C#N)cc2[C@@H]1c1ccccc1. The molecule has 3 aromatic rings. The van der Waals surface area contributed by atoms with E-state index in [2.05, 4.69) is 30.4 Å². The molecule has 4 heteroatoms. The van der Waals surface area contributed by atoms with Crippen molar-refractivity contribution in [3.63, 3.8) is 0 Å². The first kappa shape index (κ1) is 16.6. The smallest absolute Gasteiger partial charge is 0.261 e. The predicted octanol–water partition coefficient (Wildman–Crippen LogP) is 4.50. The van der Waals surface area contributed by atoms with Gasteiger partial charge in [-0.3, -0.25) is 4.79 Å². The van der Waals surface area contributed by atoms with Crippen LogP contribution in [0.4, 0.5) is 0 Å². The third-order valence-corrected chi connectivity index (χ3v) is 5.93. The molecule has 3 nitrogen and oxygen atoms in total. The van der Waals surface area contributed by atoms with E-state index in [0.717, 1.165) is 17.5 Å². The summed E-state index contributed by atoms with van der Waals surface area (Å²) in [7, 11) is 0. The second kappa shape index (κ2) is 6.44. The third-order valence-electron chi connectivity index (χ3n) is 5.06. The lowest BCUT2D eigenvalue weighted by atomic mass is 9.80. The molecule has 0 spiro atoms. The normalized spacial score (nSPS) is 21.0. The minimum absolute atomic E-state index is 0.0101. The van der Waals surface area contributed by atoms with E-state index < -0.39 is 5.54 Å². The van der Waals surface area contributed by atoms with Gasteiger partial charge in [0.15, 0.2) is 0 Å². The number of hydrogen-bond acceptors (Lipinski definition) is 3. The van der Waals surface area contributed by atoms with Crippen molar-refractivity contribution < 1.29 is 4.79 Å². The van der Waals surface area contributed by atoms with Gasteiger partial charge in [0.25, 0.3) is 5.91 Å².